The maximum Gasteiger partial charge on any atom is -0.0258 e. The fourth-order valence-electron chi connectivity index (χ4n) is 1.86. The van der Waals surface area contributed by atoms with E-state index in [0.717, 1.165) is 5.92 Å². The first-order valence-corrected chi connectivity index (χ1v) is 5.40. The van der Waals surface area contributed by atoms with Crippen LogP contribution in [0.3, 0.4) is 0 Å². The van der Waals surface area contributed by atoms with Gasteiger partial charge < -0.3 is 0 Å². The summed E-state index contributed by atoms with van der Waals surface area (Å²) in [6, 6.07) is 0. The molecule has 0 amide bonds. The van der Waals surface area contributed by atoms with Gasteiger partial charge in [-0.15, -0.1) is 0 Å². The summed E-state index contributed by atoms with van der Waals surface area (Å²) in [5.74, 6) is 0.792. The molecule has 1 aliphatic carbocycles. The molecule has 72 valence electrons. The molecule has 12 heavy (non-hydrogen) atoms. The van der Waals surface area contributed by atoms with Crippen molar-refractivity contribution in [2.45, 2.75) is 60.3 Å². The van der Waals surface area contributed by atoms with E-state index in [2.05, 4.69) is 20.8 Å². The highest BCUT2D eigenvalue weighted by molar-refractivity contribution is 5.16. The Hall–Kier alpha value is -0.260. The van der Waals surface area contributed by atoms with Crippen LogP contribution in [-0.4, -0.2) is 0 Å². The van der Waals surface area contributed by atoms with Crippen molar-refractivity contribution in [2.24, 2.45) is 5.92 Å². The predicted molar refractivity (Wildman–Crippen MR) is 57.4 cm³/mol. The third-order valence-corrected chi connectivity index (χ3v) is 2.49. The molecule has 0 unspecified atom stereocenters. The molecule has 0 atom stereocenters. The summed E-state index contributed by atoms with van der Waals surface area (Å²) >= 11 is 0. The van der Waals surface area contributed by atoms with Crippen LogP contribution in [0.4, 0.5) is 0 Å². The summed E-state index contributed by atoms with van der Waals surface area (Å²) in [6.45, 7) is 10.9. The zero-order valence-electron chi connectivity index (χ0n) is 9.41. The molecule has 0 spiro atoms. The van der Waals surface area contributed by atoms with Gasteiger partial charge in [0.15, 0.2) is 0 Å². The second kappa shape index (κ2) is 6.28. The Morgan fingerprint density at radius 1 is 1.00 bits per heavy atom. The first kappa shape index (κ1) is 11.7. The van der Waals surface area contributed by atoms with Gasteiger partial charge in [0.1, 0.15) is 0 Å². The first-order valence-electron chi connectivity index (χ1n) is 5.40. The van der Waals surface area contributed by atoms with E-state index in [4.69, 9.17) is 0 Å². The monoisotopic (exact) mass is 168 g/mol. The minimum Gasteiger partial charge on any atom is -0.0739 e. The van der Waals surface area contributed by atoms with Crippen molar-refractivity contribution in [3.8, 4) is 0 Å². The molecule has 0 aliphatic heterocycles. The SMILES string of the molecule is CC.CC1=C(C(C)C)CCCC1. The Morgan fingerprint density at radius 2 is 1.50 bits per heavy atom. The molecule has 0 fully saturated rings. The van der Waals surface area contributed by atoms with Gasteiger partial charge >= 0.3 is 0 Å². The number of hydrogen-bond acceptors (Lipinski definition) is 0. The summed E-state index contributed by atoms with van der Waals surface area (Å²) in [5, 5.41) is 0. The van der Waals surface area contributed by atoms with Crippen LogP contribution in [0.15, 0.2) is 11.1 Å². The van der Waals surface area contributed by atoms with Crippen LogP contribution in [0.25, 0.3) is 0 Å². The van der Waals surface area contributed by atoms with Crippen LogP contribution in [0, 0.1) is 5.92 Å². The van der Waals surface area contributed by atoms with E-state index < -0.39 is 0 Å². The zero-order valence-corrected chi connectivity index (χ0v) is 9.41. The minimum absolute atomic E-state index is 0.792. The van der Waals surface area contributed by atoms with Gasteiger partial charge in [-0.2, -0.15) is 0 Å². The van der Waals surface area contributed by atoms with E-state index in [-0.39, 0.29) is 0 Å². The lowest BCUT2D eigenvalue weighted by Crippen LogP contribution is -2.02. The molecule has 0 aromatic carbocycles. The van der Waals surface area contributed by atoms with Gasteiger partial charge in [-0.25, -0.2) is 0 Å². The Bertz CT molecular complexity index is 140. The molecule has 1 aliphatic rings. The van der Waals surface area contributed by atoms with Gasteiger partial charge in [-0.3, -0.25) is 0 Å². The quantitative estimate of drug-likeness (QED) is 0.503. The summed E-state index contributed by atoms with van der Waals surface area (Å²) < 4.78 is 0. The van der Waals surface area contributed by atoms with Gasteiger partial charge in [0.2, 0.25) is 0 Å². The summed E-state index contributed by atoms with van der Waals surface area (Å²) in [4.78, 5) is 0. The topological polar surface area (TPSA) is 0 Å². The van der Waals surface area contributed by atoms with Gasteiger partial charge in [-0.1, -0.05) is 38.8 Å². The highest BCUT2D eigenvalue weighted by Gasteiger charge is 2.11. The summed E-state index contributed by atoms with van der Waals surface area (Å²) in [5.41, 5.74) is 3.40. The van der Waals surface area contributed by atoms with Crippen molar-refractivity contribution in [3.63, 3.8) is 0 Å². The molecule has 0 radical (unpaired) electrons. The number of rotatable bonds is 1. The lowest BCUT2D eigenvalue weighted by atomic mass is 9.86. The average Bonchev–Trinajstić information content (AvgIpc) is 2.08. The molecule has 0 saturated carbocycles. The fourth-order valence-corrected chi connectivity index (χ4v) is 1.86. The van der Waals surface area contributed by atoms with Gasteiger partial charge in [0.25, 0.3) is 0 Å². The Morgan fingerprint density at radius 3 is 1.83 bits per heavy atom. The third kappa shape index (κ3) is 3.42. The highest BCUT2D eigenvalue weighted by atomic mass is 14.2. The molecule has 1 rings (SSSR count). The average molecular weight is 168 g/mol. The van der Waals surface area contributed by atoms with Crippen LogP contribution >= 0.6 is 0 Å². The normalized spacial score (nSPS) is 17.5. The standard InChI is InChI=1S/C10H18.C2H6/c1-8(2)10-7-5-4-6-9(10)3;1-2/h8H,4-7H2,1-3H3;1-2H3. The largest absolute Gasteiger partial charge is 0.0739 e. The van der Waals surface area contributed by atoms with E-state index in [0.29, 0.717) is 0 Å². The number of hydrogen-bond donors (Lipinski definition) is 0. The van der Waals surface area contributed by atoms with Crippen molar-refractivity contribution in [1.82, 2.24) is 0 Å². The van der Waals surface area contributed by atoms with E-state index in [9.17, 15) is 0 Å². The lowest BCUT2D eigenvalue weighted by molar-refractivity contribution is 0.598. The molecule has 0 aromatic rings. The van der Waals surface area contributed by atoms with Crippen LogP contribution in [-0.2, 0) is 0 Å². The predicted octanol–water partition coefficient (Wildman–Crippen LogP) is 4.56. The smallest absolute Gasteiger partial charge is 0.0258 e. The molecule has 0 N–H and O–H groups in total. The highest BCUT2D eigenvalue weighted by Crippen LogP contribution is 2.28. The van der Waals surface area contributed by atoms with E-state index in [1.54, 1.807) is 11.1 Å². The molecule has 0 bridgehead atoms. The maximum absolute atomic E-state index is 2.31. The van der Waals surface area contributed by atoms with Crippen molar-refractivity contribution in [3.05, 3.63) is 11.1 Å². The van der Waals surface area contributed by atoms with Gasteiger partial charge in [0, 0.05) is 0 Å². The molecule has 0 saturated heterocycles. The summed E-state index contributed by atoms with van der Waals surface area (Å²) in [6.07, 6.45) is 5.56. The van der Waals surface area contributed by atoms with E-state index in [1.807, 2.05) is 13.8 Å². The van der Waals surface area contributed by atoms with Crippen molar-refractivity contribution < 1.29 is 0 Å². The molecule has 0 aromatic heterocycles. The lowest BCUT2D eigenvalue weighted by Gasteiger charge is -2.20. The van der Waals surface area contributed by atoms with Crippen LogP contribution < -0.4 is 0 Å². The molecular weight excluding hydrogens is 144 g/mol. The second-order valence-electron chi connectivity index (χ2n) is 3.67. The van der Waals surface area contributed by atoms with Crippen molar-refractivity contribution in [2.75, 3.05) is 0 Å². The molecular formula is C12H24. The van der Waals surface area contributed by atoms with Crippen LogP contribution in [0.5, 0.6) is 0 Å². The third-order valence-electron chi connectivity index (χ3n) is 2.49. The Balaban J connectivity index is 0.000000561. The van der Waals surface area contributed by atoms with Crippen LogP contribution in [0.2, 0.25) is 0 Å². The molecule has 0 nitrogen and oxygen atoms in total. The first-order chi connectivity index (χ1) is 5.72. The van der Waals surface area contributed by atoms with Gasteiger partial charge in [0.05, 0.1) is 0 Å². The fraction of sp³-hybridized carbons (Fsp3) is 0.833. The Labute approximate surface area is 78.1 Å². The van der Waals surface area contributed by atoms with Gasteiger partial charge in [-0.05, 0) is 38.5 Å². The van der Waals surface area contributed by atoms with Crippen LogP contribution in [0.1, 0.15) is 60.3 Å². The van der Waals surface area contributed by atoms with Crippen molar-refractivity contribution in [1.29, 1.82) is 0 Å². The minimum atomic E-state index is 0.792. The van der Waals surface area contributed by atoms with E-state index in [1.165, 1.54) is 25.7 Å². The van der Waals surface area contributed by atoms with Crippen molar-refractivity contribution >= 4 is 0 Å². The zero-order chi connectivity index (χ0) is 9.56. The van der Waals surface area contributed by atoms with E-state index >= 15 is 0 Å². The maximum atomic E-state index is 2.31. The molecule has 0 heterocycles. The number of allylic oxidation sites excluding steroid dienone is 2. The summed E-state index contributed by atoms with van der Waals surface area (Å²) in [7, 11) is 0. The Kier molecular flexibility index (Phi) is 6.14. The second-order valence-corrected chi connectivity index (χ2v) is 3.67. The molecule has 0 heteroatoms.